The lowest BCUT2D eigenvalue weighted by molar-refractivity contribution is -0.115. The van der Waals surface area contributed by atoms with E-state index >= 15 is 0 Å². The van der Waals surface area contributed by atoms with E-state index in [0.29, 0.717) is 22.8 Å². The topological polar surface area (TPSA) is 67.4 Å². The Morgan fingerprint density at radius 1 is 1.17 bits per heavy atom. The van der Waals surface area contributed by atoms with Crippen LogP contribution < -0.4 is 10.6 Å². The number of nitrogens with one attached hydrogen (secondary N) is 2. The summed E-state index contributed by atoms with van der Waals surface area (Å²) in [6.45, 7) is 2.50. The van der Waals surface area contributed by atoms with Crippen molar-refractivity contribution in [1.29, 1.82) is 0 Å². The van der Waals surface area contributed by atoms with Crippen LogP contribution in [0.15, 0.2) is 42.5 Å². The van der Waals surface area contributed by atoms with Crippen LogP contribution in [0.3, 0.4) is 0 Å². The van der Waals surface area contributed by atoms with Crippen LogP contribution in [0.1, 0.15) is 22.3 Å². The summed E-state index contributed by atoms with van der Waals surface area (Å²) in [5.74, 6) is -0.678. The number of carbonyl (C=O) groups is 2. The predicted molar refractivity (Wildman–Crippen MR) is 95.7 cm³/mol. The Morgan fingerprint density at radius 2 is 1.96 bits per heavy atom. The van der Waals surface area contributed by atoms with Gasteiger partial charge in [-0.05, 0) is 42.8 Å². The molecule has 0 aliphatic carbocycles. The number of methoxy groups -OCH3 is 1. The minimum Gasteiger partial charge on any atom is -0.465 e. The van der Waals surface area contributed by atoms with Gasteiger partial charge in [0.05, 0.1) is 23.4 Å². The van der Waals surface area contributed by atoms with E-state index in [1.54, 1.807) is 12.1 Å². The first-order chi connectivity index (χ1) is 11.5. The van der Waals surface area contributed by atoms with Crippen molar-refractivity contribution in [3.8, 4) is 0 Å². The molecule has 0 saturated carbocycles. The van der Waals surface area contributed by atoms with Gasteiger partial charge < -0.3 is 15.4 Å². The molecule has 0 aromatic heterocycles. The molecule has 1 amide bonds. The zero-order valence-electron chi connectivity index (χ0n) is 13.6. The van der Waals surface area contributed by atoms with Gasteiger partial charge in [-0.25, -0.2) is 4.79 Å². The molecule has 0 saturated heterocycles. The highest BCUT2D eigenvalue weighted by molar-refractivity contribution is 6.33. The number of esters is 1. The summed E-state index contributed by atoms with van der Waals surface area (Å²) < 4.78 is 4.65. The molecule has 0 aliphatic heterocycles. The fraction of sp³-hybridized carbons (Fsp3) is 0.222. The van der Waals surface area contributed by atoms with Crippen LogP contribution in [0.25, 0.3) is 0 Å². The van der Waals surface area contributed by atoms with E-state index in [2.05, 4.69) is 15.4 Å². The normalized spacial score (nSPS) is 10.1. The second-order valence-electron chi connectivity index (χ2n) is 5.28. The molecule has 2 N–H and O–H groups in total. The molecule has 0 heterocycles. The van der Waals surface area contributed by atoms with Gasteiger partial charge in [-0.1, -0.05) is 23.7 Å². The van der Waals surface area contributed by atoms with Crippen molar-refractivity contribution in [3.63, 3.8) is 0 Å². The van der Waals surface area contributed by atoms with E-state index in [1.165, 1.54) is 13.2 Å². The second kappa shape index (κ2) is 8.36. The summed E-state index contributed by atoms with van der Waals surface area (Å²) in [7, 11) is 1.30. The monoisotopic (exact) mass is 346 g/mol. The quantitative estimate of drug-likeness (QED) is 0.779. The van der Waals surface area contributed by atoms with Gasteiger partial charge in [-0.2, -0.15) is 0 Å². The standard InChI is InChI=1S/C18H19ClN2O3/c1-12-4-3-5-14(10-12)20-9-8-17(22)21-16-11-13(18(23)24-2)6-7-15(16)19/h3-7,10-11,20H,8-9H2,1-2H3,(H,21,22). The van der Waals surface area contributed by atoms with Crippen LogP contribution in [0.2, 0.25) is 5.02 Å². The highest BCUT2D eigenvalue weighted by atomic mass is 35.5. The van der Waals surface area contributed by atoms with E-state index < -0.39 is 5.97 Å². The van der Waals surface area contributed by atoms with Gasteiger partial charge in [-0.3, -0.25) is 4.79 Å². The minimum atomic E-state index is -0.483. The summed E-state index contributed by atoms with van der Waals surface area (Å²) in [5.41, 5.74) is 2.83. The Bertz CT molecular complexity index is 747. The fourth-order valence-corrected chi connectivity index (χ4v) is 2.32. The summed E-state index contributed by atoms with van der Waals surface area (Å²) in [5, 5.41) is 6.26. The summed E-state index contributed by atoms with van der Waals surface area (Å²) >= 11 is 6.05. The number of benzene rings is 2. The van der Waals surface area contributed by atoms with Crippen molar-refractivity contribution in [2.24, 2.45) is 0 Å². The molecule has 0 radical (unpaired) electrons. The largest absolute Gasteiger partial charge is 0.465 e. The molecular formula is C18H19ClN2O3. The van der Waals surface area contributed by atoms with Crippen LogP contribution in [-0.2, 0) is 9.53 Å². The molecule has 6 heteroatoms. The number of aryl methyl sites for hydroxylation is 1. The SMILES string of the molecule is COC(=O)c1ccc(Cl)c(NC(=O)CCNc2cccc(C)c2)c1. The first-order valence-corrected chi connectivity index (χ1v) is 7.85. The van der Waals surface area contributed by atoms with E-state index in [1.807, 2.05) is 31.2 Å². The molecule has 2 aromatic carbocycles. The number of hydrogen-bond donors (Lipinski definition) is 2. The third-order valence-corrected chi connectivity index (χ3v) is 3.69. The number of anilines is 2. The van der Waals surface area contributed by atoms with Gasteiger partial charge in [0.15, 0.2) is 0 Å². The molecule has 0 atom stereocenters. The molecule has 5 nitrogen and oxygen atoms in total. The van der Waals surface area contributed by atoms with Gasteiger partial charge >= 0.3 is 5.97 Å². The van der Waals surface area contributed by atoms with Crippen LogP contribution >= 0.6 is 11.6 Å². The second-order valence-corrected chi connectivity index (χ2v) is 5.69. The Hall–Kier alpha value is -2.53. The maximum absolute atomic E-state index is 12.0. The number of ether oxygens (including phenoxy) is 1. The smallest absolute Gasteiger partial charge is 0.337 e. The Labute approximate surface area is 146 Å². The average molecular weight is 347 g/mol. The number of rotatable bonds is 6. The fourth-order valence-electron chi connectivity index (χ4n) is 2.15. The molecule has 126 valence electrons. The van der Waals surface area contributed by atoms with Crippen molar-refractivity contribution < 1.29 is 14.3 Å². The van der Waals surface area contributed by atoms with Crippen LogP contribution in [0, 0.1) is 6.92 Å². The van der Waals surface area contributed by atoms with Gasteiger partial charge in [0.25, 0.3) is 0 Å². The van der Waals surface area contributed by atoms with E-state index in [9.17, 15) is 9.59 Å². The maximum Gasteiger partial charge on any atom is 0.337 e. The third kappa shape index (κ3) is 4.99. The third-order valence-electron chi connectivity index (χ3n) is 3.36. The lowest BCUT2D eigenvalue weighted by Gasteiger charge is -2.10. The average Bonchev–Trinajstić information content (AvgIpc) is 2.56. The van der Waals surface area contributed by atoms with E-state index in [-0.39, 0.29) is 12.3 Å². The van der Waals surface area contributed by atoms with E-state index in [4.69, 9.17) is 11.6 Å². The molecule has 0 bridgehead atoms. The first-order valence-electron chi connectivity index (χ1n) is 7.48. The zero-order valence-corrected chi connectivity index (χ0v) is 14.3. The van der Waals surface area contributed by atoms with Crippen LogP contribution in [0.5, 0.6) is 0 Å². The van der Waals surface area contributed by atoms with Crippen molar-refractivity contribution in [2.45, 2.75) is 13.3 Å². The van der Waals surface area contributed by atoms with Crippen molar-refractivity contribution in [2.75, 3.05) is 24.3 Å². The summed E-state index contributed by atoms with van der Waals surface area (Å²) in [4.78, 5) is 23.6. The van der Waals surface area contributed by atoms with Crippen molar-refractivity contribution in [1.82, 2.24) is 0 Å². The van der Waals surface area contributed by atoms with Crippen LogP contribution in [-0.4, -0.2) is 25.5 Å². The highest BCUT2D eigenvalue weighted by Crippen LogP contribution is 2.23. The summed E-state index contributed by atoms with van der Waals surface area (Å²) in [6, 6.07) is 12.5. The van der Waals surface area contributed by atoms with E-state index in [0.717, 1.165) is 11.3 Å². The lowest BCUT2D eigenvalue weighted by Crippen LogP contribution is -2.17. The number of carbonyl (C=O) groups excluding carboxylic acids is 2. The van der Waals surface area contributed by atoms with Gasteiger partial charge in [0.2, 0.25) is 5.91 Å². The Morgan fingerprint density at radius 3 is 2.67 bits per heavy atom. The number of hydrogen-bond acceptors (Lipinski definition) is 4. The maximum atomic E-state index is 12.0. The zero-order chi connectivity index (χ0) is 17.5. The first kappa shape index (κ1) is 17.8. The van der Waals surface area contributed by atoms with Gasteiger partial charge in [-0.15, -0.1) is 0 Å². The van der Waals surface area contributed by atoms with Crippen molar-refractivity contribution >= 4 is 34.9 Å². The molecule has 2 rings (SSSR count). The number of amides is 1. The highest BCUT2D eigenvalue weighted by Gasteiger charge is 2.11. The predicted octanol–water partition coefficient (Wildman–Crippen LogP) is 3.88. The molecule has 0 aliphatic rings. The van der Waals surface area contributed by atoms with Crippen molar-refractivity contribution in [3.05, 3.63) is 58.6 Å². The van der Waals surface area contributed by atoms with Crippen LogP contribution in [0.4, 0.5) is 11.4 Å². The molecule has 2 aromatic rings. The lowest BCUT2D eigenvalue weighted by atomic mass is 10.2. The van der Waals surface area contributed by atoms with Gasteiger partial charge in [0.1, 0.15) is 0 Å². The molecule has 24 heavy (non-hydrogen) atoms. The van der Waals surface area contributed by atoms with Gasteiger partial charge in [0, 0.05) is 18.7 Å². The molecule has 0 fully saturated rings. The molecule has 0 unspecified atom stereocenters. The Kier molecular flexibility index (Phi) is 6.21. The molecular weight excluding hydrogens is 328 g/mol. The number of halogens is 1. The minimum absolute atomic E-state index is 0.195. The summed E-state index contributed by atoms with van der Waals surface area (Å²) in [6.07, 6.45) is 0.271. The Balaban J connectivity index is 1.91. The molecule has 0 spiro atoms.